The molecule has 1 atom stereocenters. The predicted octanol–water partition coefficient (Wildman–Crippen LogP) is 3.72. The van der Waals surface area contributed by atoms with Gasteiger partial charge in [-0.15, -0.1) is 0 Å². The smallest absolute Gasteiger partial charge is 0.317 e. The molecule has 6 nitrogen and oxygen atoms in total. The maximum atomic E-state index is 12.8. The highest BCUT2D eigenvalue weighted by atomic mass is 16.5. The number of hydrogen-bond donors (Lipinski definition) is 1. The molecule has 0 spiro atoms. The van der Waals surface area contributed by atoms with E-state index in [0.717, 1.165) is 43.6 Å². The SMILES string of the molecule is COc1ccc2c(c1)CCC[C@H]2NC(=O)N1CCC(Oc2ccncc2)CC1. The third kappa shape index (κ3) is 4.21. The largest absolute Gasteiger partial charge is 0.497 e. The molecule has 1 fully saturated rings. The Morgan fingerprint density at radius 2 is 1.89 bits per heavy atom. The third-order valence-electron chi connectivity index (χ3n) is 5.64. The Labute approximate surface area is 165 Å². The second-order valence-electron chi connectivity index (χ2n) is 7.45. The number of urea groups is 1. The van der Waals surface area contributed by atoms with E-state index >= 15 is 0 Å². The summed E-state index contributed by atoms with van der Waals surface area (Å²) in [6, 6.07) is 10.0. The van der Waals surface area contributed by atoms with Crippen LogP contribution >= 0.6 is 0 Å². The fourth-order valence-corrected chi connectivity index (χ4v) is 4.09. The monoisotopic (exact) mass is 381 g/mol. The number of rotatable bonds is 4. The van der Waals surface area contributed by atoms with Gasteiger partial charge in [-0.3, -0.25) is 4.98 Å². The van der Waals surface area contributed by atoms with Crippen LogP contribution in [0.4, 0.5) is 4.79 Å². The summed E-state index contributed by atoms with van der Waals surface area (Å²) in [6.45, 7) is 1.42. The van der Waals surface area contributed by atoms with Gasteiger partial charge < -0.3 is 19.7 Å². The number of aromatic nitrogens is 1. The van der Waals surface area contributed by atoms with Crippen molar-refractivity contribution in [2.24, 2.45) is 0 Å². The molecule has 0 saturated carbocycles. The van der Waals surface area contributed by atoms with E-state index in [0.29, 0.717) is 13.1 Å². The number of fused-ring (bicyclic) bond motifs is 1. The number of carbonyl (C=O) groups excluding carboxylic acids is 1. The van der Waals surface area contributed by atoms with E-state index in [2.05, 4.69) is 22.4 Å². The molecule has 6 heteroatoms. The van der Waals surface area contributed by atoms with E-state index in [1.165, 1.54) is 11.1 Å². The first-order valence-electron chi connectivity index (χ1n) is 10.0. The van der Waals surface area contributed by atoms with Crippen molar-refractivity contribution < 1.29 is 14.3 Å². The summed E-state index contributed by atoms with van der Waals surface area (Å²) in [4.78, 5) is 18.7. The van der Waals surface area contributed by atoms with Gasteiger partial charge in [-0.1, -0.05) is 6.07 Å². The van der Waals surface area contributed by atoms with Gasteiger partial charge in [0, 0.05) is 38.3 Å². The van der Waals surface area contributed by atoms with Gasteiger partial charge in [0.1, 0.15) is 17.6 Å². The molecule has 2 amide bonds. The molecule has 1 aliphatic heterocycles. The molecule has 2 aromatic rings. The van der Waals surface area contributed by atoms with Crippen LogP contribution in [0.1, 0.15) is 42.9 Å². The van der Waals surface area contributed by atoms with Crippen LogP contribution in [0.2, 0.25) is 0 Å². The lowest BCUT2D eigenvalue weighted by Crippen LogP contribution is -2.47. The molecule has 1 N–H and O–H groups in total. The quantitative estimate of drug-likeness (QED) is 0.877. The first kappa shape index (κ1) is 18.6. The molecule has 2 heterocycles. The zero-order valence-electron chi connectivity index (χ0n) is 16.3. The van der Waals surface area contributed by atoms with Crippen LogP contribution in [0.25, 0.3) is 0 Å². The molecular formula is C22H27N3O3. The summed E-state index contributed by atoms with van der Waals surface area (Å²) >= 11 is 0. The van der Waals surface area contributed by atoms with Crippen LogP contribution < -0.4 is 14.8 Å². The molecule has 1 saturated heterocycles. The highest BCUT2D eigenvalue weighted by Crippen LogP contribution is 2.32. The fourth-order valence-electron chi connectivity index (χ4n) is 4.09. The van der Waals surface area contributed by atoms with Crippen molar-refractivity contribution in [2.45, 2.75) is 44.2 Å². The summed E-state index contributed by atoms with van der Waals surface area (Å²) < 4.78 is 11.3. The number of ether oxygens (including phenoxy) is 2. The van der Waals surface area contributed by atoms with E-state index in [-0.39, 0.29) is 18.2 Å². The first-order valence-corrected chi connectivity index (χ1v) is 10.0. The lowest BCUT2D eigenvalue weighted by atomic mass is 9.87. The summed E-state index contributed by atoms with van der Waals surface area (Å²) in [5.41, 5.74) is 2.50. The minimum Gasteiger partial charge on any atom is -0.497 e. The van der Waals surface area contributed by atoms with Crippen LogP contribution in [-0.2, 0) is 6.42 Å². The van der Waals surface area contributed by atoms with Gasteiger partial charge in [0.05, 0.1) is 13.2 Å². The molecule has 148 valence electrons. The van der Waals surface area contributed by atoms with Crippen molar-refractivity contribution in [3.63, 3.8) is 0 Å². The van der Waals surface area contributed by atoms with E-state index in [9.17, 15) is 4.79 Å². The second-order valence-corrected chi connectivity index (χ2v) is 7.45. The van der Waals surface area contributed by atoms with Crippen molar-refractivity contribution in [1.29, 1.82) is 0 Å². The fraction of sp³-hybridized carbons (Fsp3) is 0.455. The number of amides is 2. The van der Waals surface area contributed by atoms with Crippen molar-refractivity contribution in [3.8, 4) is 11.5 Å². The van der Waals surface area contributed by atoms with Gasteiger partial charge in [0.15, 0.2) is 0 Å². The molecule has 28 heavy (non-hydrogen) atoms. The topological polar surface area (TPSA) is 63.7 Å². The van der Waals surface area contributed by atoms with Crippen LogP contribution in [0, 0.1) is 0 Å². The van der Waals surface area contributed by atoms with Crippen LogP contribution in [-0.4, -0.2) is 42.2 Å². The average molecular weight is 381 g/mol. The summed E-state index contributed by atoms with van der Waals surface area (Å²) in [6.07, 6.45) is 8.39. The molecule has 0 radical (unpaired) electrons. The Morgan fingerprint density at radius 1 is 1.11 bits per heavy atom. The number of nitrogens with zero attached hydrogens (tertiary/aromatic N) is 2. The van der Waals surface area contributed by atoms with Crippen molar-refractivity contribution >= 4 is 6.03 Å². The van der Waals surface area contributed by atoms with Gasteiger partial charge in [0.2, 0.25) is 0 Å². The van der Waals surface area contributed by atoms with E-state index in [1.807, 2.05) is 23.1 Å². The molecule has 2 aliphatic rings. The number of aryl methyl sites for hydroxylation is 1. The lowest BCUT2D eigenvalue weighted by Gasteiger charge is -2.34. The van der Waals surface area contributed by atoms with Gasteiger partial charge in [0.25, 0.3) is 0 Å². The van der Waals surface area contributed by atoms with Gasteiger partial charge >= 0.3 is 6.03 Å². The standard InChI is InChI=1S/C22H27N3O3/c1-27-19-5-6-20-16(15-19)3-2-4-21(20)24-22(26)25-13-9-18(10-14-25)28-17-7-11-23-12-8-17/h5-8,11-12,15,18,21H,2-4,9-10,13-14H2,1H3,(H,24,26)/t21-/m1/s1. The van der Waals surface area contributed by atoms with Crippen molar-refractivity contribution in [2.75, 3.05) is 20.2 Å². The molecule has 0 unspecified atom stereocenters. The first-order chi connectivity index (χ1) is 13.7. The molecule has 1 aromatic carbocycles. The van der Waals surface area contributed by atoms with Crippen molar-refractivity contribution in [1.82, 2.24) is 15.2 Å². The molecule has 4 rings (SSSR count). The second kappa shape index (κ2) is 8.50. The maximum Gasteiger partial charge on any atom is 0.317 e. The maximum absolute atomic E-state index is 12.8. The number of nitrogens with one attached hydrogen (secondary N) is 1. The number of hydrogen-bond acceptors (Lipinski definition) is 4. The summed E-state index contributed by atoms with van der Waals surface area (Å²) in [5, 5.41) is 3.24. The Morgan fingerprint density at radius 3 is 2.64 bits per heavy atom. The summed E-state index contributed by atoms with van der Waals surface area (Å²) in [7, 11) is 1.69. The zero-order valence-corrected chi connectivity index (χ0v) is 16.3. The normalized spacial score (nSPS) is 19.6. The van der Waals surface area contributed by atoms with Gasteiger partial charge in [-0.05, 0) is 54.7 Å². The highest BCUT2D eigenvalue weighted by molar-refractivity contribution is 5.75. The minimum atomic E-state index is 0.0241. The average Bonchev–Trinajstić information content (AvgIpc) is 2.75. The number of carbonyl (C=O) groups is 1. The van der Waals surface area contributed by atoms with Gasteiger partial charge in [-0.2, -0.15) is 0 Å². The number of benzene rings is 1. The van der Waals surface area contributed by atoms with E-state index < -0.39 is 0 Å². The predicted molar refractivity (Wildman–Crippen MR) is 107 cm³/mol. The number of likely N-dealkylation sites (tertiary alicyclic amines) is 1. The number of methoxy groups -OCH3 is 1. The van der Waals surface area contributed by atoms with E-state index in [4.69, 9.17) is 9.47 Å². The number of piperidine rings is 1. The number of pyridine rings is 1. The van der Waals surface area contributed by atoms with Crippen LogP contribution in [0.3, 0.4) is 0 Å². The Balaban J connectivity index is 1.32. The molecule has 1 aliphatic carbocycles. The Hall–Kier alpha value is -2.76. The summed E-state index contributed by atoms with van der Waals surface area (Å²) in [5.74, 6) is 1.72. The lowest BCUT2D eigenvalue weighted by molar-refractivity contribution is 0.109. The van der Waals surface area contributed by atoms with Crippen LogP contribution in [0.15, 0.2) is 42.7 Å². The third-order valence-corrected chi connectivity index (χ3v) is 5.64. The van der Waals surface area contributed by atoms with Crippen LogP contribution in [0.5, 0.6) is 11.5 Å². The Kier molecular flexibility index (Phi) is 5.65. The highest BCUT2D eigenvalue weighted by Gasteiger charge is 2.27. The minimum absolute atomic E-state index is 0.0241. The molecule has 1 aromatic heterocycles. The zero-order chi connectivity index (χ0) is 19.3. The van der Waals surface area contributed by atoms with Crippen molar-refractivity contribution in [3.05, 3.63) is 53.9 Å². The van der Waals surface area contributed by atoms with Gasteiger partial charge in [-0.25, -0.2) is 4.79 Å². The Bertz CT molecular complexity index is 804. The molecular weight excluding hydrogens is 354 g/mol. The molecule has 0 bridgehead atoms. The van der Waals surface area contributed by atoms with E-state index in [1.54, 1.807) is 19.5 Å².